The first-order chi connectivity index (χ1) is 12.6. The van der Waals surface area contributed by atoms with E-state index in [4.69, 9.17) is 0 Å². The van der Waals surface area contributed by atoms with Crippen LogP contribution >= 0.6 is 0 Å². The molecule has 5 nitrogen and oxygen atoms in total. The van der Waals surface area contributed by atoms with Crippen molar-refractivity contribution in [3.05, 3.63) is 70.3 Å². The zero-order chi connectivity index (χ0) is 17.8. The number of carbonyl (C=O) groups excluding carboxylic acids is 1. The van der Waals surface area contributed by atoms with Gasteiger partial charge in [0.05, 0.1) is 0 Å². The van der Waals surface area contributed by atoms with Crippen molar-refractivity contribution in [3.8, 4) is 0 Å². The van der Waals surface area contributed by atoms with Crippen molar-refractivity contribution in [2.75, 3.05) is 13.1 Å². The third-order valence-electron chi connectivity index (χ3n) is 5.93. The van der Waals surface area contributed by atoms with Gasteiger partial charge in [-0.15, -0.1) is 0 Å². The van der Waals surface area contributed by atoms with Crippen molar-refractivity contribution in [2.24, 2.45) is 13.0 Å². The van der Waals surface area contributed by atoms with Crippen LogP contribution in [0.2, 0.25) is 0 Å². The fraction of sp³-hybridized carbons (Fsp3) is 0.333. The highest BCUT2D eigenvalue weighted by Gasteiger charge is 2.36. The number of aryl methyl sites for hydroxylation is 1. The number of rotatable bonds is 1. The van der Waals surface area contributed by atoms with Gasteiger partial charge in [0.15, 0.2) is 0 Å². The Morgan fingerprint density at radius 1 is 1.04 bits per heavy atom. The zero-order valence-electron chi connectivity index (χ0n) is 14.8. The lowest BCUT2D eigenvalue weighted by atomic mass is 9.83. The second-order valence-electron chi connectivity index (χ2n) is 7.57. The second-order valence-corrected chi connectivity index (χ2v) is 7.57. The molecule has 1 saturated heterocycles. The topological polar surface area (TPSA) is 47.2 Å². The van der Waals surface area contributed by atoms with Crippen molar-refractivity contribution in [3.63, 3.8) is 0 Å². The SMILES string of the molecule is Cn1ccc2c(C(=O)N3CC4CC(C3)c3cccc(=O)n3C4)cccc21. The van der Waals surface area contributed by atoms with Gasteiger partial charge in [-0.3, -0.25) is 9.59 Å². The monoisotopic (exact) mass is 347 g/mol. The normalized spacial score (nSPS) is 21.7. The molecule has 0 N–H and O–H groups in total. The van der Waals surface area contributed by atoms with Crippen LogP contribution in [0.4, 0.5) is 0 Å². The summed E-state index contributed by atoms with van der Waals surface area (Å²) < 4.78 is 3.94. The Labute approximate surface area is 151 Å². The molecule has 0 aliphatic carbocycles. The third-order valence-corrected chi connectivity index (χ3v) is 5.93. The summed E-state index contributed by atoms with van der Waals surface area (Å²) in [7, 11) is 2.00. The number of fused-ring (bicyclic) bond motifs is 5. The molecule has 1 amide bonds. The molecule has 5 rings (SSSR count). The van der Waals surface area contributed by atoms with Crippen LogP contribution < -0.4 is 5.56 Å². The van der Waals surface area contributed by atoms with Gasteiger partial charge in [0.25, 0.3) is 11.5 Å². The minimum Gasteiger partial charge on any atom is -0.351 e. The van der Waals surface area contributed by atoms with Gasteiger partial charge in [-0.1, -0.05) is 12.1 Å². The number of hydrogen-bond donors (Lipinski definition) is 0. The van der Waals surface area contributed by atoms with Crippen molar-refractivity contribution in [2.45, 2.75) is 18.9 Å². The van der Waals surface area contributed by atoms with Gasteiger partial charge in [-0.05, 0) is 36.6 Å². The number of likely N-dealkylation sites (tertiary alicyclic amines) is 1. The van der Waals surface area contributed by atoms with E-state index in [1.54, 1.807) is 6.07 Å². The molecule has 4 heterocycles. The molecule has 2 unspecified atom stereocenters. The first-order valence-electron chi connectivity index (χ1n) is 9.15. The van der Waals surface area contributed by atoms with Crippen LogP contribution in [0.3, 0.4) is 0 Å². The maximum Gasteiger partial charge on any atom is 0.254 e. The van der Waals surface area contributed by atoms with E-state index in [1.165, 1.54) is 0 Å². The number of piperidine rings is 1. The van der Waals surface area contributed by atoms with Gasteiger partial charge in [0.2, 0.25) is 0 Å². The van der Waals surface area contributed by atoms with E-state index in [0.717, 1.165) is 35.1 Å². The highest BCUT2D eigenvalue weighted by atomic mass is 16.2. The maximum absolute atomic E-state index is 13.3. The van der Waals surface area contributed by atoms with Crippen LogP contribution in [0.5, 0.6) is 0 Å². The summed E-state index contributed by atoms with van der Waals surface area (Å²) in [6.07, 6.45) is 3.05. The van der Waals surface area contributed by atoms with Crippen LogP contribution in [0, 0.1) is 5.92 Å². The highest BCUT2D eigenvalue weighted by molar-refractivity contribution is 6.06. The van der Waals surface area contributed by atoms with E-state index in [9.17, 15) is 9.59 Å². The van der Waals surface area contributed by atoms with Crippen LogP contribution in [-0.4, -0.2) is 33.0 Å². The number of aromatic nitrogens is 2. The average molecular weight is 347 g/mol. The summed E-state index contributed by atoms with van der Waals surface area (Å²) in [6.45, 7) is 2.12. The van der Waals surface area contributed by atoms with Crippen LogP contribution in [0.15, 0.2) is 53.5 Å². The molecule has 1 aromatic carbocycles. The Morgan fingerprint density at radius 2 is 1.88 bits per heavy atom. The maximum atomic E-state index is 13.3. The molecule has 0 radical (unpaired) electrons. The molecule has 2 atom stereocenters. The Balaban J connectivity index is 1.50. The minimum atomic E-state index is 0.0750. The van der Waals surface area contributed by atoms with Gasteiger partial charge in [0, 0.05) is 67.0 Å². The van der Waals surface area contributed by atoms with Gasteiger partial charge >= 0.3 is 0 Å². The number of hydrogen-bond acceptors (Lipinski definition) is 2. The Morgan fingerprint density at radius 3 is 2.77 bits per heavy atom. The molecule has 0 spiro atoms. The van der Waals surface area contributed by atoms with E-state index < -0.39 is 0 Å². The standard InChI is InChI=1S/C21H21N3O2/c1-22-9-8-16-17(4-2-6-19(16)22)21(26)23-11-14-10-15(13-23)18-5-3-7-20(25)24(18)12-14/h2-9,14-15H,10-13H2,1H3. The van der Waals surface area contributed by atoms with Crippen molar-refractivity contribution in [1.82, 2.24) is 14.0 Å². The molecular weight excluding hydrogens is 326 g/mol. The fourth-order valence-corrected chi connectivity index (χ4v) is 4.72. The largest absolute Gasteiger partial charge is 0.351 e. The second kappa shape index (κ2) is 5.59. The van der Waals surface area contributed by atoms with E-state index in [2.05, 4.69) is 0 Å². The molecule has 0 saturated carbocycles. The van der Waals surface area contributed by atoms with Crippen molar-refractivity contribution >= 4 is 16.8 Å². The van der Waals surface area contributed by atoms with E-state index in [-0.39, 0.29) is 17.4 Å². The lowest BCUT2D eigenvalue weighted by Gasteiger charge is -2.42. The first kappa shape index (κ1) is 15.4. The summed E-state index contributed by atoms with van der Waals surface area (Å²) >= 11 is 0. The summed E-state index contributed by atoms with van der Waals surface area (Å²) in [5.41, 5.74) is 2.99. The minimum absolute atomic E-state index is 0.0750. The van der Waals surface area contributed by atoms with Gasteiger partial charge in [-0.2, -0.15) is 0 Å². The summed E-state index contributed by atoms with van der Waals surface area (Å²) in [6, 6.07) is 13.4. The molecule has 5 heteroatoms. The fourth-order valence-electron chi connectivity index (χ4n) is 4.72. The van der Waals surface area contributed by atoms with Gasteiger partial charge in [-0.25, -0.2) is 0 Å². The molecule has 2 aliphatic rings. The average Bonchev–Trinajstić information content (AvgIpc) is 3.03. The zero-order valence-corrected chi connectivity index (χ0v) is 14.8. The smallest absolute Gasteiger partial charge is 0.254 e. The number of carbonyl (C=O) groups is 1. The Hall–Kier alpha value is -2.82. The summed E-state index contributed by atoms with van der Waals surface area (Å²) in [5.74, 6) is 0.693. The predicted molar refractivity (Wildman–Crippen MR) is 100 cm³/mol. The van der Waals surface area contributed by atoms with Gasteiger partial charge in [0.1, 0.15) is 0 Å². The number of benzene rings is 1. The molecular formula is C21H21N3O2. The molecule has 132 valence electrons. The highest BCUT2D eigenvalue weighted by Crippen LogP contribution is 2.36. The predicted octanol–water partition coefficient (Wildman–Crippen LogP) is 2.60. The molecule has 1 fully saturated rings. The van der Waals surface area contributed by atoms with Gasteiger partial charge < -0.3 is 14.0 Å². The first-order valence-corrected chi connectivity index (χ1v) is 9.15. The number of amides is 1. The summed E-state index contributed by atoms with van der Waals surface area (Å²) in [5, 5.41) is 1.01. The van der Waals surface area contributed by atoms with Crippen molar-refractivity contribution < 1.29 is 4.79 Å². The van der Waals surface area contributed by atoms with E-state index >= 15 is 0 Å². The number of pyridine rings is 1. The Bertz CT molecular complexity index is 1080. The molecule has 3 aromatic rings. The van der Waals surface area contributed by atoms with Crippen LogP contribution in [0.1, 0.15) is 28.4 Å². The number of nitrogens with zero attached hydrogens (tertiary/aromatic N) is 3. The van der Waals surface area contributed by atoms with Crippen LogP contribution in [0.25, 0.3) is 10.9 Å². The lowest BCUT2D eigenvalue weighted by molar-refractivity contribution is 0.0596. The quantitative estimate of drug-likeness (QED) is 0.679. The molecule has 2 aliphatic heterocycles. The third kappa shape index (κ3) is 2.23. The van der Waals surface area contributed by atoms with Crippen molar-refractivity contribution in [1.29, 1.82) is 0 Å². The molecule has 2 aromatic heterocycles. The molecule has 26 heavy (non-hydrogen) atoms. The van der Waals surface area contributed by atoms with E-state index in [0.29, 0.717) is 19.0 Å². The summed E-state index contributed by atoms with van der Waals surface area (Å²) in [4.78, 5) is 27.4. The Kier molecular flexibility index (Phi) is 3.32. The van der Waals surface area contributed by atoms with Crippen LogP contribution in [-0.2, 0) is 13.6 Å². The molecule has 2 bridgehead atoms. The lowest BCUT2D eigenvalue weighted by Crippen LogP contribution is -2.49. The van der Waals surface area contributed by atoms with E-state index in [1.807, 2.05) is 63.7 Å².